The molecule has 0 unspecified atom stereocenters. The first-order chi connectivity index (χ1) is 8.07. The molecule has 0 bridgehead atoms. The first-order valence-electron chi connectivity index (χ1n) is 6.03. The highest BCUT2D eigenvalue weighted by atomic mass is 16.5. The highest BCUT2D eigenvalue weighted by Crippen LogP contribution is 2.49. The lowest BCUT2D eigenvalue weighted by Gasteiger charge is -2.13. The molecular weight excluding hydrogens is 216 g/mol. The van der Waals surface area contributed by atoms with E-state index >= 15 is 0 Å². The Morgan fingerprint density at radius 3 is 2.65 bits per heavy atom. The van der Waals surface area contributed by atoms with Gasteiger partial charge in [-0.3, -0.25) is 4.79 Å². The van der Waals surface area contributed by atoms with Crippen molar-refractivity contribution in [3.63, 3.8) is 0 Å². The van der Waals surface area contributed by atoms with Crippen molar-refractivity contribution >= 4 is 5.97 Å². The summed E-state index contributed by atoms with van der Waals surface area (Å²) in [4.78, 5) is 11.1. The topological polar surface area (TPSA) is 46.5 Å². The maximum atomic E-state index is 11.1. The van der Waals surface area contributed by atoms with Gasteiger partial charge in [-0.05, 0) is 56.4 Å². The summed E-state index contributed by atoms with van der Waals surface area (Å²) in [5.74, 6) is 0.194. The van der Waals surface area contributed by atoms with E-state index in [1.165, 1.54) is 0 Å². The van der Waals surface area contributed by atoms with Crippen LogP contribution in [0.5, 0.6) is 5.75 Å². The second-order valence-electron chi connectivity index (χ2n) is 4.78. The minimum Gasteiger partial charge on any atom is -0.494 e. The van der Waals surface area contributed by atoms with Crippen molar-refractivity contribution in [1.29, 1.82) is 0 Å². The van der Waals surface area contributed by atoms with Crippen LogP contribution in [-0.2, 0) is 11.2 Å². The third kappa shape index (κ3) is 2.43. The average molecular weight is 234 g/mol. The van der Waals surface area contributed by atoms with Crippen LogP contribution in [0.1, 0.15) is 30.9 Å². The summed E-state index contributed by atoms with van der Waals surface area (Å²) in [5.41, 5.74) is 1.74. The lowest BCUT2D eigenvalue weighted by molar-refractivity contribution is -0.143. The van der Waals surface area contributed by atoms with Gasteiger partial charge in [-0.2, -0.15) is 0 Å². The molecule has 3 nitrogen and oxygen atoms in total. The van der Waals surface area contributed by atoms with Gasteiger partial charge >= 0.3 is 5.97 Å². The number of ether oxygens (including phenoxy) is 1. The van der Waals surface area contributed by atoms with Gasteiger partial charge in [0.05, 0.1) is 12.0 Å². The van der Waals surface area contributed by atoms with Crippen molar-refractivity contribution in [1.82, 2.24) is 0 Å². The molecule has 0 saturated heterocycles. The number of carboxylic acids is 1. The third-order valence-corrected chi connectivity index (χ3v) is 3.46. The van der Waals surface area contributed by atoms with Gasteiger partial charge in [0, 0.05) is 0 Å². The molecule has 0 heterocycles. The fraction of sp³-hybridized carbons (Fsp3) is 0.500. The Hall–Kier alpha value is -1.51. The number of aliphatic carboxylic acids is 1. The fourth-order valence-electron chi connectivity index (χ4n) is 2.10. The molecule has 0 aliphatic heterocycles. The first-order valence-corrected chi connectivity index (χ1v) is 6.03. The summed E-state index contributed by atoms with van der Waals surface area (Å²) in [7, 11) is 0. The molecule has 1 aliphatic carbocycles. The van der Waals surface area contributed by atoms with Gasteiger partial charge in [0.25, 0.3) is 0 Å². The smallest absolute Gasteiger partial charge is 0.309 e. The monoisotopic (exact) mass is 234 g/mol. The summed E-state index contributed by atoms with van der Waals surface area (Å²) >= 11 is 0. The molecule has 1 aliphatic rings. The molecule has 1 aromatic carbocycles. The Kier molecular flexibility index (Phi) is 3.09. The summed E-state index contributed by atoms with van der Waals surface area (Å²) in [6, 6.07) is 5.89. The van der Waals surface area contributed by atoms with E-state index in [0.717, 1.165) is 29.7 Å². The lowest BCUT2D eigenvalue weighted by atomic mass is 9.94. The van der Waals surface area contributed by atoms with E-state index in [1.807, 2.05) is 32.0 Å². The molecule has 0 amide bonds. The van der Waals surface area contributed by atoms with Crippen LogP contribution in [0.15, 0.2) is 18.2 Å². The molecular formula is C14H18O3. The standard InChI is InChI=1S/C14H18O3/c1-3-17-12-5-4-11(10(2)8-12)9-14(6-7-14)13(15)16/h4-5,8H,3,6-7,9H2,1-2H3,(H,15,16). The number of carboxylic acid groups (broad SMARTS) is 1. The molecule has 1 fully saturated rings. The minimum atomic E-state index is -0.661. The summed E-state index contributed by atoms with van der Waals surface area (Å²) < 4.78 is 5.42. The molecule has 0 radical (unpaired) electrons. The number of benzene rings is 1. The average Bonchev–Trinajstić information content (AvgIpc) is 3.04. The van der Waals surface area contributed by atoms with E-state index in [-0.39, 0.29) is 0 Å². The minimum absolute atomic E-state index is 0.488. The second-order valence-corrected chi connectivity index (χ2v) is 4.78. The SMILES string of the molecule is CCOc1ccc(CC2(C(=O)O)CC2)c(C)c1. The van der Waals surface area contributed by atoms with E-state index in [1.54, 1.807) is 0 Å². The van der Waals surface area contributed by atoms with Gasteiger partial charge < -0.3 is 9.84 Å². The predicted octanol–water partition coefficient (Wildman–Crippen LogP) is 2.80. The van der Waals surface area contributed by atoms with Crippen molar-refractivity contribution in [3.8, 4) is 5.75 Å². The van der Waals surface area contributed by atoms with Crippen molar-refractivity contribution in [2.75, 3.05) is 6.61 Å². The Labute approximate surface area is 101 Å². The van der Waals surface area contributed by atoms with Crippen LogP contribution in [0, 0.1) is 12.3 Å². The maximum Gasteiger partial charge on any atom is 0.309 e. The maximum absolute atomic E-state index is 11.1. The predicted molar refractivity (Wildman–Crippen MR) is 65.4 cm³/mol. The van der Waals surface area contributed by atoms with Gasteiger partial charge in [0.2, 0.25) is 0 Å². The van der Waals surface area contributed by atoms with Crippen LogP contribution in [0.2, 0.25) is 0 Å². The normalized spacial score (nSPS) is 16.6. The molecule has 1 saturated carbocycles. The summed E-state index contributed by atoms with van der Waals surface area (Å²) in [6.07, 6.45) is 2.24. The van der Waals surface area contributed by atoms with Gasteiger partial charge in [-0.25, -0.2) is 0 Å². The Balaban J connectivity index is 2.14. The highest BCUT2D eigenvalue weighted by Gasteiger charge is 2.50. The molecule has 0 aromatic heterocycles. The molecule has 17 heavy (non-hydrogen) atoms. The van der Waals surface area contributed by atoms with E-state index < -0.39 is 11.4 Å². The number of carbonyl (C=O) groups is 1. The summed E-state index contributed by atoms with van der Waals surface area (Å²) in [6.45, 7) is 4.61. The van der Waals surface area contributed by atoms with E-state index in [2.05, 4.69) is 0 Å². The molecule has 0 spiro atoms. The molecule has 0 atom stereocenters. The number of rotatable bonds is 5. The van der Waals surface area contributed by atoms with Crippen molar-refractivity contribution < 1.29 is 14.6 Å². The second kappa shape index (κ2) is 4.40. The van der Waals surface area contributed by atoms with Gasteiger partial charge in [0.1, 0.15) is 5.75 Å². The zero-order valence-electron chi connectivity index (χ0n) is 10.3. The van der Waals surface area contributed by atoms with Crippen molar-refractivity contribution in [2.24, 2.45) is 5.41 Å². The van der Waals surface area contributed by atoms with E-state index in [4.69, 9.17) is 4.74 Å². The number of hydrogen-bond donors (Lipinski definition) is 1. The van der Waals surface area contributed by atoms with Gasteiger partial charge in [-0.1, -0.05) is 6.07 Å². The van der Waals surface area contributed by atoms with Crippen LogP contribution in [0.3, 0.4) is 0 Å². The lowest BCUT2D eigenvalue weighted by Crippen LogP contribution is -2.18. The van der Waals surface area contributed by atoms with Gasteiger partial charge in [-0.15, -0.1) is 0 Å². The van der Waals surface area contributed by atoms with Crippen LogP contribution >= 0.6 is 0 Å². The zero-order chi connectivity index (χ0) is 12.5. The summed E-state index contributed by atoms with van der Waals surface area (Å²) in [5, 5.41) is 9.17. The number of hydrogen-bond acceptors (Lipinski definition) is 2. The fourth-order valence-corrected chi connectivity index (χ4v) is 2.10. The van der Waals surface area contributed by atoms with Crippen LogP contribution < -0.4 is 4.74 Å². The molecule has 1 aromatic rings. The van der Waals surface area contributed by atoms with Crippen molar-refractivity contribution in [2.45, 2.75) is 33.1 Å². The highest BCUT2D eigenvalue weighted by molar-refractivity contribution is 5.78. The molecule has 1 N–H and O–H groups in total. The largest absolute Gasteiger partial charge is 0.494 e. The van der Waals surface area contributed by atoms with Crippen molar-refractivity contribution in [3.05, 3.63) is 29.3 Å². The van der Waals surface area contributed by atoms with E-state index in [9.17, 15) is 9.90 Å². The van der Waals surface area contributed by atoms with Crippen LogP contribution in [0.4, 0.5) is 0 Å². The first kappa shape index (κ1) is 12.0. The van der Waals surface area contributed by atoms with Crippen LogP contribution in [-0.4, -0.2) is 17.7 Å². The third-order valence-electron chi connectivity index (χ3n) is 3.46. The quantitative estimate of drug-likeness (QED) is 0.852. The number of aryl methyl sites for hydroxylation is 1. The Morgan fingerprint density at radius 1 is 1.47 bits per heavy atom. The zero-order valence-corrected chi connectivity index (χ0v) is 10.3. The van der Waals surface area contributed by atoms with E-state index in [0.29, 0.717) is 13.0 Å². The Morgan fingerprint density at radius 2 is 2.18 bits per heavy atom. The molecule has 92 valence electrons. The van der Waals surface area contributed by atoms with Gasteiger partial charge in [0.15, 0.2) is 0 Å². The Bertz CT molecular complexity index is 433. The van der Waals surface area contributed by atoms with Crippen LogP contribution in [0.25, 0.3) is 0 Å². The molecule has 2 rings (SSSR count). The molecule has 3 heteroatoms.